The first-order valence-electron chi connectivity index (χ1n) is 4.93. The Bertz CT molecular complexity index is 341. The summed E-state index contributed by atoms with van der Waals surface area (Å²) in [6.45, 7) is 5.61. The molecule has 0 saturated carbocycles. The molecule has 1 rings (SSSR count). The topological polar surface area (TPSA) is 66.8 Å². The molecular weight excluding hydrogens is 215 g/mol. The Balaban J connectivity index is 2.92. The molecule has 15 heavy (non-hydrogen) atoms. The molecule has 0 radical (unpaired) electrons. The molecule has 2 N–H and O–H groups in total. The van der Waals surface area contributed by atoms with Gasteiger partial charge in [0.1, 0.15) is 5.60 Å². The van der Waals surface area contributed by atoms with E-state index in [4.69, 9.17) is 14.3 Å². The maximum Gasteiger partial charge on any atom is 0.470 e. The quantitative estimate of drug-likeness (QED) is 0.733. The van der Waals surface area contributed by atoms with Crippen LogP contribution < -0.4 is 0 Å². The van der Waals surface area contributed by atoms with Crippen LogP contribution in [-0.2, 0) is 9.09 Å². The second-order valence-corrected chi connectivity index (χ2v) is 5.11. The number of phosphoric acid groups is 1. The molecule has 2 atom stereocenters. The van der Waals surface area contributed by atoms with Gasteiger partial charge in [-0.05, 0) is 13.3 Å². The van der Waals surface area contributed by atoms with Gasteiger partial charge < -0.3 is 9.79 Å². The smallest absolute Gasteiger partial charge is 0.303 e. The van der Waals surface area contributed by atoms with E-state index in [0.717, 1.165) is 12.0 Å². The van der Waals surface area contributed by atoms with Crippen molar-refractivity contribution in [2.45, 2.75) is 32.8 Å². The van der Waals surface area contributed by atoms with Gasteiger partial charge in [-0.1, -0.05) is 37.6 Å². The molecule has 0 amide bonds. The van der Waals surface area contributed by atoms with E-state index < -0.39 is 13.4 Å². The standard InChI is InChI=1S/C10H17O4P/c1-4-9-6-5-7-10(3,8(9)2)14-15(11,12)13/h5-8H,4H2,1-3H3,(H2,11,12,13). The van der Waals surface area contributed by atoms with Gasteiger partial charge in [-0.3, -0.25) is 4.52 Å². The Morgan fingerprint density at radius 3 is 2.67 bits per heavy atom. The van der Waals surface area contributed by atoms with Gasteiger partial charge in [0, 0.05) is 5.92 Å². The summed E-state index contributed by atoms with van der Waals surface area (Å²) in [5, 5.41) is 0. The minimum absolute atomic E-state index is 0.0277. The van der Waals surface area contributed by atoms with Crippen molar-refractivity contribution in [1.82, 2.24) is 0 Å². The molecule has 1 aliphatic rings. The van der Waals surface area contributed by atoms with Crippen molar-refractivity contribution in [1.29, 1.82) is 0 Å². The van der Waals surface area contributed by atoms with Gasteiger partial charge in [0.15, 0.2) is 0 Å². The van der Waals surface area contributed by atoms with Gasteiger partial charge in [-0.25, -0.2) is 4.57 Å². The Labute approximate surface area is 89.9 Å². The molecule has 0 heterocycles. The minimum Gasteiger partial charge on any atom is -0.303 e. The summed E-state index contributed by atoms with van der Waals surface area (Å²) in [4.78, 5) is 17.7. The highest BCUT2D eigenvalue weighted by molar-refractivity contribution is 7.46. The van der Waals surface area contributed by atoms with E-state index in [1.54, 1.807) is 19.1 Å². The van der Waals surface area contributed by atoms with E-state index in [2.05, 4.69) is 0 Å². The van der Waals surface area contributed by atoms with Gasteiger partial charge in [0.2, 0.25) is 0 Å². The summed E-state index contributed by atoms with van der Waals surface area (Å²) < 4.78 is 15.7. The van der Waals surface area contributed by atoms with Crippen LogP contribution in [0.5, 0.6) is 0 Å². The van der Waals surface area contributed by atoms with Crippen LogP contribution in [0.4, 0.5) is 0 Å². The van der Waals surface area contributed by atoms with Crippen LogP contribution in [0.25, 0.3) is 0 Å². The number of hydrogen-bond donors (Lipinski definition) is 2. The van der Waals surface area contributed by atoms with E-state index in [-0.39, 0.29) is 5.92 Å². The summed E-state index contributed by atoms with van der Waals surface area (Å²) in [6.07, 6.45) is 6.30. The maximum atomic E-state index is 10.9. The molecule has 0 aromatic carbocycles. The van der Waals surface area contributed by atoms with Crippen molar-refractivity contribution < 1.29 is 18.9 Å². The van der Waals surface area contributed by atoms with E-state index in [0.29, 0.717) is 0 Å². The minimum atomic E-state index is -4.45. The molecule has 0 aliphatic heterocycles. The largest absolute Gasteiger partial charge is 0.470 e. The molecule has 0 fully saturated rings. The SMILES string of the molecule is CCC1=CC=CC(C)(OP(=O)(O)O)C1C. The molecule has 1 aliphatic carbocycles. The highest BCUT2D eigenvalue weighted by Crippen LogP contribution is 2.47. The second-order valence-electron chi connectivity index (χ2n) is 3.94. The summed E-state index contributed by atoms with van der Waals surface area (Å²) in [5.41, 5.74) is 0.215. The van der Waals surface area contributed by atoms with E-state index in [1.165, 1.54) is 0 Å². The number of rotatable bonds is 3. The van der Waals surface area contributed by atoms with Gasteiger partial charge in [0.25, 0.3) is 0 Å². The van der Waals surface area contributed by atoms with Crippen molar-refractivity contribution in [3.63, 3.8) is 0 Å². The van der Waals surface area contributed by atoms with Crippen molar-refractivity contribution in [2.75, 3.05) is 0 Å². The van der Waals surface area contributed by atoms with Crippen LogP contribution in [0.3, 0.4) is 0 Å². The lowest BCUT2D eigenvalue weighted by atomic mass is 9.80. The summed E-state index contributed by atoms with van der Waals surface area (Å²) in [7, 11) is -4.45. The molecule has 0 saturated heterocycles. The lowest BCUT2D eigenvalue weighted by molar-refractivity contribution is 0.0550. The fourth-order valence-electron chi connectivity index (χ4n) is 1.81. The Morgan fingerprint density at radius 2 is 2.20 bits per heavy atom. The van der Waals surface area contributed by atoms with E-state index >= 15 is 0 Å². The van der Waals surface area contributed by atoms with Gasteiger partial charge >= 0.3 is 7.82 Å². The van der Waals surface area contributed by atoms with E-state index in [1.807, 2.05) is 19.9 Å². The van der Waals surface area contributed by atoms with Crippen LogP contribution in [-0.4, -0.2) is 15.4 Å². The summed E-state index contributed by atoms with van der Waals surface area (Å²) >= 11 is 0. The molecule has 0 aromatic heterocycles. The summed E-state index contributed by atoms with van der Waals surface area (Å²) in [6, 6.07) is 0. The van der Waals surface area contributed by atoms with Crippen molar-refractivity contribution >= 4 is 7.82 Å². The predicted molar refractivity (Wildman–Crippen MR) is 58.2 cm³/mol. The van der Waals surface area contributed by atoms with Crippen LogP contribution >= 0.6 is 7.82 Å². The Hall–Kier alpha value is -0.410. The number of hydrogen-bond acceptors (Lipinski definition) is 2. The second kappa shape index (κ2) is 4.22. The van der Waals surface area contributed by atoms with Crippen LogP contribution in [0.15, 0.2) is 23.8 Å². The third-order valence-electron chi connectivity index (χ3n) is 2.88. The van der Waals surface area contributed by atoms with Crippen molar-refractivity contribution in [3.05, 3.63) is 23.8 Å². The lowest BCUT2D eigenvalue weighted by Crippen LogP contribution is -2.35. The van der Waals surface area contributed by atoms with Gasteiger partial charge in [-0.2, -0.15) is 0 Å². The monoisotopic (exact) mass is 232 g/mol. The Kier molecular flexibility index (Phi) is 3.56. The van der Waals surface area contributed by atoms with Crippen LogP contribution in [0, 0.1) is 5.92 Å². The lowest BCUT2D eigenvalue weighted by Gasteiger charge is -2.36. The van der Waals surface area contributed by atoms with Gasteiger partial charge in [-0.15, -0.1) is 0 Å². The number of phosphoric ester groups is 1. The maximum absolute atomic E-state index is 10.9. The van der Waals surface area contributed by atoms with Gasteiger partial charge in [0.05, 0.1) is 0 Å². The molecule has 4 nitrogen and oxygen atoms in total. The normalized spacial score (nSPS) is 31.5. The summed E-state index contributed by atoms with van der Waals surface area (Å²) in [5.74, 6) is -0.0277. The zero-order valence-electron chi connectivity index (χ0n) is 9.17. The molecule has 0 aromatic rings. The number of allylic oxidation sites excluding steroid dienone is 2. The third kappa shape index (κ3) is 3.02. The van der Waals surface area contributed by atoms with Crippen molar-refractivity contribution in [3.8, 4) is 0 Å². The third-order valence-corrected chi connectivity index (χ3v) is 3.51. The average molecular weight is 232 g/mol. The fraction of sp³-hybridized carbons (Fsp3) is 0.600. The molecule has 86 valence electrons. The van der Waals surface area contributed by atoms with Crippen molar-refractivity contribution in [2.24, 2.45) is 5.92 Å². The first kappa shape index (κ1) is 12.7. The average Bonchev–Trinajstić information content (AvgIpc) is 2.07. The highest BCUT2D eigenvalue weighted by atomic mass is 31.2. The van der Waals surface area contributed by atoms with Crippen LogP contribution in [0.2, 0.25) is 0 Å². The zero-order chi connectivity index (χ0) is 11.7. The first-order chi connectivity index (χ1) is 6.78. The van der Waals surface area contributed by atoms with Crippen LogP contribution in [0.1, 0.15) is 27.2 Å². The molecule has 0 spiro atoms. The zero-order valence-corrected chi connectivity index (χ0v) is 10.1. The fourth-order valence-corrected chi connectivity index (χ4v) is 2.54. The molecule has 2 unspecified atom stereocenters. The predicted octanol–water partition coefficient (Wildman–Crippen LogP) is 2.40. The Morgan fingerprint density at radius 1 is 1.60 bits per heavy atom. The molecule has 0 bridgehead atoms. The molecule has 5 heteroatoms. The molecular formula is C10H17O4P. The van der Waals surface area contributed by atoms with E-state index in [9.17, 15) is 4.57 Å². The first-order valence-corrected chi connectivity index (χ1v) is 6.46. The highest BCUT2D eigenvalue weighted by Gasteiger charge is 2.38.